The van der Waals surface area contributed by atoms with Gasteiger partial charge in [0.25, 0.3) is 0 Å². The van der Waals surface area contributed by atoms with Crippen molar-refractivity contribution < 1.29 is 0 Å². The number of nitrogens with two attached hydrogens (primary N) is 1. The van der Waals surface area contributed by atoms with Crippen molar-refractivity contribution in [3.63, 3.8) is 0 Å². The molecule has 0 saturated heterocycles. The van der Waals surface area contributed by atoms with E-state index in [-0.39, 0.29) is 0 Å². The van der Waals surface area contributed by atoms with Crippen molar-refractivity contribution in [1.82, 2.24) is 4.98 Å². The fourth-order valence-electron chi connectivity index (χ4n) is 0.861. The van der Waals surface area contributed by atoms with Gasteiger partial charge in [0.2, 0.25) is 0 Å². The van der Waals surface area contributed by atoms with E-state index in [9.17, 15) is 0 Å². The molecule has 0 radical (unpaired) electrons. The average Bonchev–Trinajstić information content (AvgIpc) is 2.05. The number of hydrogen-bond donors (Lipinski definition) is 1. The number of aromatic nitrogens is 1. The van der Waals surface area contributed by atoms with Crippen LogP contribution in [0.1, 0.15) is 0 Å². The van der Waals surface area contributed by atoms with E-state index >= 15 is 0 Å². The summed E-state index contributed by atoms with van der Waals surface area (Å²) in [4.78, 5) is 5.97. The van der Waals surface area contributed by atoms with Crippen LogP contribution in [0.3, 0.4) is 0 Å². The first-order valence-electron chi connectivity index (χ1n) is 3.60. The third-order valence-electron chi connectivity index (χ3n) is 1.49. The molecule has 0 spiro atoms. The number of nitrogen functional groups attached to an aromatic ring is 1. The lowest BCUT2D eigenvalue weighted by molar-refractivity contribution is 1.01. The Morgan fingerprint density at radius 3 is 3.08 bits per heavy atom. The smallest absolute Gasteiger partial charge is 0.131 e. The van der Waals surface area contributed by atoms with Gasteiger partial charge in [-0.1, -0.05) is 5.92 Å². The summed E-state index contributed by atoms with van der Waals surface area (Å²) in [6, 6.07) is 3.53. The maximum Gasteiger partial charge on any atom is 0.131 e. The zero-order chi connectivity index (χ0) is 8.97. The molecule has 0 aliphatic heterocycles. The van der Waals surface area contributed by atoms with Gasteiger partial charge in [-0.3, -0.25) is 0 Å². The molecule has 1 aromatic heterocycles. The largest absolute Gasteiger partial charge is 0.399 e. The molecule has 0 bridgehead atoms. The molecular formula is C9H11N3. The minimum absolute atomic E-state index is 0.538. The molecule has 0 saturated carbocycles. The van der Waals surface area contributed by atoms with Crippen LogP contribution in [0.2, 0.25) is 0 Å². The van der Waals surface area contributed by atoms with Gasteiger partial charge in [-0.2, -0.15) is 0 Å². The van der Waals surface area contributed by atoms with Crippen molar-refractivity contribution >= 4 is 11.5 Å². The van der Waals surface area contributed by atoms with Crippen LogP contribution in [0.5, 0.6) is 0 Å². The Morgan fingerprint density at radius 1 is 1.75 bits per heavy atom. The summed E-state index contributed by atoms with van der Waals surface area (Å²) < 4.78 is 0. The fraction of sp³-hybridized carbons (Fsp3) is 0.222. The molecule has 0 atom stereocenters. The fourth-order valence-corrected chi connectivity index (χ4v) is 0.861. The van der Waals surface area contributed by atoms with Gasteiger partial charge in [0, 0.05) is 25.0 Å². The van der Waals surface area contributed by atoms with Crippen LogP contribution in [-0.4, -0.2) is 18.6 Å². The summed E-state index contributed by atoms with van der Waals surface area (Å²) >= 11 is 0. The molecule has 12 heavy (non-hydrogen) atoms. The van der Waals surface area contributed by atoms with Gasteiger partial charge in [0.1, 0.15) is 5.82 Å². The summed E-state index contributed by atoms with van der Waals surface area (Å²) in [7, 11) is 1.88. The van der Waals surface area contributed by atoms with Crippen LogP contribution >= 0.6 is 0 Å². The molecule has 0 unspecified atom stereocenters. The topological polar surface area (TPSA) is 42.1 Å². The minimum atomic E-state index is 0.538. The van der Waals surface area contributed by atoms with Gasteiger partial charge in [-0.05, 0) is 6.07 Å². The van der Waals surface area contributed by atoms with Crippen LogP contribution < -0.4 is 10.6 Å². The molecule has 0 aliphatic rings. The predicted octanol–water partition coefficient (Wildman–Crippen LogP) is 0.733. The first-order chi connectivity index (χ1) is 5.74. The first kappa shape index (κ1) is 8.41. The summed E-state index contributed by atoms with van der Waals surface area (Å²) in [5.74, 6) is 3.33. The maximum atomic E-state index is 5.57. The molecule has 1 heterocycles. The molecule has 0 aliphatic carbocycles. The van der Waals surface area contributed by atoms with E-state index < -0.39 is 0 Å². The SMILES string of the molecule is C#CCN(C)c1cc(N)ccn1. The highest BCUT2D eigenvalue weighted by molar-refractivity contribution is 5.50. The van der Waals surface area contributed by atoms with Crippen molar-refractivity contribution in [1.29, 1.82) is 0 Å². The summed E-state index contributed by atoms with van der Waals surface area (Å²) in [6.45, 7) is 0.538. The number of terminal acetylenes is 1. The second kappa shape index (κ2) is 3.63. The van der Waals surface area contributed by atoms with E-state index in [1.54, 1.807) is 18.3 Å². The molecular weight excluding hydrogens is 150 g/mol. The monoisotopic (exact) mass is 161 g/mol. The van der Waals surface area contributed by atoms with Crippen molar-refractivity contribution in [2.24, 2.45) is 0 Å². The summed E-state index contributed by atoms with van der Waals surface area (Å²) in [5.41, 5.74) is 6.27. The quantitative estimate of drug-likeness (QED) is 0.650. The van der Waals surface area contributed by atoms with E-state index in [1.165, 1.54) is 0 Å². The van der Waals surface area contributed by atoms with Crippen molar-refractivity contribution in [2.75, 3.05) is 24.2 Å². The second-order valence-corrected chi connectivity index (χ2v) is 2.51. The molecule has 2 N–H and O–H groups in total. The lowest BCUT2D eigenvalue weighted by atomic mass is 10.4. The Kier molecular flexibility index (Phi) is 2.54. The number of hydrogen-bond acceptors (Lipinski definition) is 3. The van der Waals surface area contributed by atoms with Gasteiger partial charge < -0.3 is 10.6 Å². The zero-order valence-corrected chi connectivity index (χ0v) is 6.99. The van der Waals surface area contributed by atoms with E-state index in [4.69, 9.17) is 12.2 Å². The average molecular weight is 161 g/mol. The molecule has 3 heteroatoms. The minimum Gasteiger partial charge on any atom is -0.399 e. The lowest BCUT2D eigenvalue weighted by Crippen LogP contribution is -2.18. The Morgan fingerprint density at radius 2 is 2.50 bits per heavy atom. The van der Waals surface area contributed by atoms with Gasteiger partial charge in [-0.25, -0.2) is 4.98 Å². The van der Waals surface area contributed by atoms with Gasteiger partial charge in [0.05, 0.1) is 6.54 Å². The van der Waals surface area contributed by atoms with E-state index in [2.05, 4.69) is 10.9 Å². The highest BCUT2D eigenvalue weighted by atomic mass is 15.1. The Hall–Kier alpha value is -1.69. The van der Waals surface area contributed by atoms with Gasteiger partial charge in [0.15, 0.2) is 0 Å². The number of anilines is 2. The van der Waals surface area contributed by atoms with Crippen molar-refractivity contribution in [3.05, 3.63) is 18.3 Å². The molecule has 1 aromatic rings. The van der Waals surface area contributed by atoms with E-state index in [0.717, 1.165) is 5.82 Å². The molecule has 0 fully saturated rings. The third kappa shape index (κ3) is 1.89. The number of nitrogens with zero attached hydrogens (tertiary/aromatic N) is 2. The Balaban J connectivity index is 2.82. The molecule has 3 nitrogen and oxygen atoms in total. The molecule has 0 amide bonds. The number of pyridine rings is 1. The summed E-state index contributed by atoms with van der Waals surface area (Å²) in [6.07, 6.45) is 6.82. The second-order valence-electron chi connectivity index (χ2n) is 2.51. The van der Waals surface area contributed by atoms with Crippen LogP contribution in [0.4, 0.5) is 11.5 Å². The molecule has 1 rings (SSSR count). The van der Waals surface area contributed by atoms with Crippen LogP contribution in [0, 0.1) is 12.3 Å². The zero-order valence-electron chi connectivity index (χ0n) is 6.99. The third-order valence-corrected chi connectivity index (χ3v) is 1.49. The Labute approximate surface area is 72.2 Å². The summed E-state index contributed by atoms with van der Waals surface area (Å²) in [5, 5.41) is 0. The Bertz CT molecular complexity index is 301. The number of rotatable bonds is 2. The lowest BCUT2D eigenvalue weighted by Gasteiger charge is -2.14. The normalized spacial score (nSPS) is 9.00. The predicted molar refractivity (Wildman–Crippen MR) is 50.8 cm³/mol. The first-order valence-corrected chi connectivity index (χ1v) is 3.60. The van der Waals surface area contributed by atoms with Crippen LogP contribution in [0.15, 0.2) is 18.3 Å². The van der Waals surface area contributed by atoms with Crippen molar-refractivity contribution in [3.8, 4) is 12.3 Å². The molecule has 0 aromatic carbocycles. The highest BCUT2D eigenvalue weighted by Gasteiger charge is 1.98. The van der Waals surface area contributed by atoms with Crippen LogP contribution in [-0.2, 0) is 0 Å². The molecule has 62 valence electrons. The van der Waals surface area contributed by atoms with Gasteiger partial charge in [-0.15, -0.1) is 6.42 Å². The standard InChI is InChI=1S/C9H11N3/c1-3-6-12(2)9-7-8(10)4-5-11-9/h1,4-5,7H,6H2,2H3,(H2,10,11). The van der Waals surface area contributed by atoms with Gasteiger partial charge >= 0.3 is 0 Å². The van der Waals surface area contributed by atoms with Crippen molar-refractivity contribution in [2.45, 2.75) is 0 Å². The maximum absolute atomic E-state index is 5.57. The van der Waals surface area contributed by atoms with E-state index in [1.807, 2.05) is 11.9 Å². The van der Waals surface area contributed by atoms with Crippen LogP contribution in [0.25, 0.3) is 0 Å². The highest BCUT2D eigenvalue weighted by Crippen LogP contribution is 2.11. The van der Waals surface area contributed by atoms with E-state index in [0.29, 0.717) is 12.2 Å².